The average molecular weight is 552 g/mol. The molecule has 3 heterocycles. The largest absolute Gasteiger partial charge is 0.465 e. The van der Waals surface area contributed by atoms with Gasteiger partial charge in [0.1, 0.15) is 21.3 Å². The normalized spacial score (nSPS) is 12.7. The predicted molar refractivity (Wildman–Crippen MR) is 146 cm³/mol. The van der Waals surface area contributed by atoms with Crippen molar-refractivity contribution >= 4 is 55.7 Å². The number of rotatable bonds is 6. The van der Waals surface area contributed by atoms with E-state index in [0.717, 1.165) is 41.7 Å². The van der Waals surface area contributed by atoms with Crippen LogP contribution in [0.1, 0.15) is 49.6 Å². The van der Waals surface area contributed by atoms with Crippen molar-refractivity contribution in [3.05, 3.63) is 67.4 Å². The smallest absolute Gasteiger partial charge is 0.348 e. The van der Waals surface area contributed by atoms with E-state index >= 15 is 0 Å². The number of carbonyl (C=O) groups is 3. The fourth-order valence-corrected chi connectivity index (χ4v) is 6.79. The minimum atomic E-state index is -0.697. The van der Waals surface area contributed by atoms with Crippen LogP contribution in [-0.2, 0) is 33.7 Å². The molecule has 1 amide bonds. The van der Waals surface area contributed by atoms with Crippen molar-refractivity contribution in [2.75, 3.05) is 19.5 Å². The van der Waals surface area contributed by atoms with Crippen molar-refractivity contribution in [3.63, 3.8) is 0 Å². The molecule has 1 aromatic carbocycles. The summed E-state index contributed by atoms with van der Waals surface area (Å²) in [5, 5.41) is 5.19. The average Bonchev–Trinajstić information content (AvgIpc) is 3.50. The van der Waals surface area contributed by atoms with Crippen LogP contribution in [0, 0.1) is 6.92 Å². The Balaban J connectivity index is 1.45. The maximum Gasteiger partial charge on any atom is 0.348 e. The number of hydrogen-bond donors (Lipinski definition) is 1. The number of amides is 1. The van der Waals surface area contributed by atoms with E-state index < -0.39 is 17.8 Å². The molecule has 0 bridgehead atoms. The Labute approximate surface area is 226 Å². The zero-order valence-corrected chi connectivity index (χ0v) is 22.7. The molecule has 0 atom stereocenters. The standard InChI is InChI=1S/C27H25N3O6S2/c1-14-20(26(33)35-2)24(38-22(14)27(34)36-3)29-19(31)11-30-13-28-23-21(25(30)32)18(12-37-23)17-9-8-15-6-4-5-7-16(15)10-17/h8-10,12-13H,4-7,11H2,1-3H3,(H,29,31). The summed E-state index contributed by atoms with van der Waals surface area (Å²) in [5.41, 5.74) is 4.52. The third-order valence-corrected chi connectivity index (χ3v) is 8.77. The molecular weight excluding hydrogens is 526 g/mol. The summed E-state index contributed by atoms with van der Waals surface area (Å²) in [6.45, 7) is 1.25. The molecular formula is C27H25N3O6S2. The van der Waals surface area contributed by atoms with Crippen molar-refractivity contribution in [1.29, 1.82) is 0 Å². The van der Waals surface area contributed by atoms with Crippen molar-refractivity contribution in [2.45, 2.75) is 39.2 Å². The number of anilines is 1. The Morgan fingerprint density at radius 1 is 1.08 bits per heavy atom. The third kappa shape index (κ3) is 4.63. The highest BCUT2D eigenvalue weighted by molar-refractivity contribution is 7.18. The first-order chi connectivity index (χ1) is 18.3. The molecule has 0 saturated heterocycles. The van der Waals surface area contributed by atoms with Gasteiger partial charge in [0, 0.05) is 10.9 Å². The van der Waals surface area contributed by atoms with Crippen LogP contribution in [0.2, 0.25) is 0 Å². The van der Waals surface area contributed by atoms with Gasteiger partial charge in [-0.3, -0.25) is 14.2 Å². The summed E-state index contributed by atoms with van der Waals surface area (Å²) >= 11 is 2.30. The lowest BCUT2D eigenvalue weighted by atomic mass is 9.89. The van der Waals surface area contributed by atoms with E-state index in [2.05, 4.69) is 22.4 Å². The van der Waals surface area contributed by atoms with Crippen LogP contribution in [-0.4, -0.2) is 41.6 Å². The number of nitrogens with zero attached hydrogens (tertiary/aromatic N) is 2. The molecule has 38 heavy (non-hydrogen) atoms. The van der Waals surface area contributed by atoms with Gasteiger partial charge in [0.15, 0.2) is 0 Å². The van der Waals surface area contributed by atoms with E-state index in [1.807, 2.05) is 11.4 Å². The summed E-state index contributed by atoms with van der Waals surface area (Å²) < 4.78 is 10.9. The Bertz CT molecular complexity index is 1650. The van der Waals surface area contributed by atoms with Gasteiger partial charge in [-0.2, -0.15) is 0 Å². The van der Waals surface area contributed by atoms with Crippen LogP contribution in [0.5, 0.6) is 0 Å². The number of fused-ring (bicyclic) bond motifs is 2. The maximum absolute atomic E-state index is 13.5. The number of benzene rings is 1. The van der Waals surface area contributed by atoms with Crippen molar-refractivity contribution in [1.82, 2.24) is 9.55 Å². The Hall–Kier alpha value is -3.83. The van der Waals surface area contributed by atoms with E-state index in [9.17, 15) is 19.2 Å². The first kappa shape index (κ1) is 25.8. The van der Waals surface area contributed by atoms with E-state index in [0.29, 0.717) is 15.8 Å². The molecule has 5 rings (SSSR count). The Kier molecular flexibility index (Phi) is 7.13. The van der Waals surface area contributed by atoms with Gasteiger partial charge in [-0.1, -0.05) is 18.2 Å². The molecule has 0 aliphatic heterocycles. The molecule has 9 nitrogen and oxygen atoms in total. The molecule has 0 unspecified atom stereocenters. The second-order valence-electron chi connectivity index (χ2n) is 8.99. The molecule has 1 aliphatic carbocycles. The quantitative estimate of drug-likeness (QED) is 0.349. The van der Waals surface area contributed by atoms with Gasteiger partial charge in [0.2, 0.25) is 5.91 Å². The van der Waals surface area contributed by atoms with Crippen LogP contribution >= 0.6 is 22.7 Å². The van der Waals surface area contributed by atoms with Crippen LogP contribution in [0.15, 0.2) is 34.7 Å². The number of esters is 2. The predicted octanol–water partition coefficient (Wildman–Crippen LogP) is 4.59. The van der Waals surface area contributed by atoms with Gasteiger partial charge >= 0.3 is 11.9 Å². The molecule has 1 aliphatic rings. The zero-order chi connectivity index (χ0) is 27.0. The summed E-state index contributed by atoms with van der Waals surface area (Å²) in [4.78, 5) is 56.2. The lowest BCUT2D eigenvalue weighted by Crippen LogP contribution is -2.28. The molecule has 0 spiro atoms. The Morgan fingerprint density at radius 2 is 1.82 bits per heavy atom. The van der Waals surface area contributed by atoms with Gasteiger partial charge in [-0.25, -0.2) is 14.6 Å². The molecule has 3 aromatic heterocycles. The van der Waals surface area contributed by atoms with Gasteiger partial charge < -0.3 is 14.8 Å². The van der Waals surface area contributed by atoms with Crippen molar-refractivity contribution < 1.29 is 23.9 Å². The van der Waals surface area contributed by atoms with Gasteiger partial charge in [-0.15, -0.1) is 22.7 Å². The first-order valence-corrected chi connectivity index (χ1v) is 13.7. The summed E-state index contributed by atoms with van der Waals surface area (Å²) in [5.74, 6) is -1.88. The summed E-state index contributed by atoms with van der Waals surface area (Å²) in [6.07, 6.45) is 5.80. The number of carbonyl (C=O) groups excluding carboxylic acids is 3. The molecule has 196 valence electrons. The minimum absolute atomic E-state index is 0.0692. The van der Waals surface area contributed by atoms with Crippen LogP contribution < -0.4 is 10.9 Å². The minimum Gasteiger partial charge on any atom is -0.465 e. The molecule has 4 aromatic rings. The number of hydrogen-bond acceptors (Lipinski definition) is 9. The van der Waals surface area contributed by atoms with Gasteiger partial charge in [0.05, 0.1) is 31.5 Å². The number of aryl methyl sites for hydroxylation is 2. The molecule has 0 fully saturated rings. The topological polar surface area (TPSA) is 117 Å². The third-order valence-electron chi connectivity index (χ3n) is 6.69. The van der Waals surface area contributed by atoms with E-state index in [1.54, 1.807) is 6.92 Å². The number of aromatic nitrogens is 2. The van der Waals surface area contributed by atoms with Crippen molar-refractivity contribution in [2.24, 2.45) is 0 Å². The number of ether oxygens (including phenoxy) is 2. The lowest BCUT2D eigenvalue weighted by Gasteiger charge is -2.16. The molecule has 11 heteroatoms. The number of methoxy groups -OCH3 is 2. The van der Waals surface area contributed by atoms with Crippen LogP contribution in [0.4, 0.5) is 5.00 Å². The second-order valence-corrected chi connectivity index (χ2v) is 10.9. The molecule has 1 N–H and O–H groups in total. The lowest BCUT2D eigenvalue weighted by molar-refractivity contribution is -0.116. The van der Waals surface area contributed by atoms with Gasteiger partial charge in [0.25, 0.3) is 5.56 Å². The zero-order valence-electron chi connectivity index (χ0n) is 21.1. The monoisotopic (exact) mass is 551 g/mol. The number of nitrogens with one attached hydrogen (secondary N) is 1. The van der Waals surface area contributed by atoms with Crippen molar-refractivity contribution in [3.8, 4) is 11.1 Å². The fraction of sp³-hybridized carbons (Fsp3) is 0.296. The van der Waals surface area contributed by atoms with Crippen LogP contribution in [0.3, 0.4) is 0 Å². The SMILES string of the molecule is COC(=O)c1sc(NC(=O)Cn2cnc3scc(-c4ccc5c(c4)CCCC5)c3c2=O)c(C(=O)OC)c1C. The summed E-state index contributed by atoms with van der Waals surface area (Å²) in [6, 6.07) is 6.34. The number of thiophene rings is 2. The Morgan fingerprint density at radius 3 is 2.55 bits per heavy atom. The fourth-order valence-electron chi connectivity index (χ4n) is 4.75. The molecule has 0 radical (unpaired) electrons. The summed E-state index contributed by atoms with van der Waals surface area (Å²) in [7, 11) is 2.44. The van der Waals surface area contributed by atoms with Gasteiger partial charge in [-0.05, 0) is 54.9 Å². The van der Waals surface area contributed by atoms with E-state index in [4.69, 9.17) is 9.47 Å². The first-order valence-electron chi connectivity index (χ1n) is 12.0. The maximum atomic E-state index is 13.5. The second kappa shape index (κ2) is 10.5. The van der Waals surface area contributed by atoms with E-state index in [-0.39, 0.29) is 27.5 Å². The highest BCUT2D eigenvalue weighted by Crippen LogP contribution is 2.35. The van der Waals surface area contributed by atoms with E-state index in [1.165, 1.54) is 54.0 Å². The van der Waals surface area contributed by atoms with Crippen LogP contribution in [0.25, 0.3) is 21.3 Å². The molecule has 0 saturated carbocycles. The highest BCUT2D eigenvalue weighted by atomic mass is 32.1. The highest BCUT2D eigenvalue weighted by Gasteiger charge is 2.27.